The number of alkyl halides is 2. The average Bonchev–Trinajstić information content (AvgIpc) is 3.58. The highest BCUT2D eigenvalue weighted by atomic mass is 32.2. The molecule has 4 aliphatic rings. The van der Waals surface area contributed by atoms with Crippen molar-refractivity contribution < 1.29 is 55.3 Å². The van der Waals surface area contributed by atoms with Gasteiger partial charge in [0, 0.05) is 36.2 Å². The smallest absolute Gasteiger partial charge is 0.408 e. The van der Waals surface area contributed by atoms with Crippen molar-refractivity contribution in [1.82, 2.24) is 19.9 Å². The number of alkyl carbamates (subject to hydrolysis) is 1. The molecule has 2 aromatic rings. The van der Waals surface area contributed by atoms with E-state index in [-0.39, 0.29) is 30.7 Å². The number of halogens is 2. The highest BCUT2D eigenvalue weighted by Crippen LogP contribution is 2.43. The molecule has 0 radical (unpaired) electrons. The Labute approximate surface area is 362 Å². The molecule has 2 aliphatic heterocycles. The minimum atomic E-state index is -3.73. The molecule has 0 bridgehead atoms. The third-order valence-corrected chi connectivity index (χ3v) is 15.3. The Kier molecular flexibility index (Phi) is 14.0. The lowest BCUT2D eigenvalue weighted by molar-refractivity contribution is -0.152. The Balaban J connectivity index is 1.15. The maximum atomic E-state index is 14.7. The number of aromatic nitrogens is 1. The average molecular weight is 890 g/mol. The quantitative estimate of drug-likeness (QED) is 0.144. The van der Waals surface area contributed by atoms with Crippen LogP contribution in [0.3, 0.4) is 0 Å². The minimum Gasteiger partial charge on any atom is -0.486 e. The number of nitrogens with two attached hydrogens (primary N) is 1. The number of likely N-dealkylation sites (tertiary alicyclic amines) is 1. The number of ether oxygens (including phenoxy) is 4. The van der Waals surface area contributed by atoms with Crippen LogP contribution in [-0.2, 0) is 29.1 Å². The second-order valence-electron chi connectivity index (χ2n) is 18.2. The van der Waals surface area contributed by atoms with Crippen LogP contribution in [0.15, 0.2) is 36.5 Å². The number of pyridine rings is 1. The largest absolute Gasteiger partial charge is 0.486 e. The van der Waals surface area contributed by atoms with Crippen molar-refractivity contribution >= 4 is 44.6 Å². The lowest BCUT2D eigenvalue weighted by atomic mass is 9.84. The van der Waals surface area contributed by atoms with Gasteiger partial charge < -0.3 is 34.9 Å². The number of hydrogen-bond donors (Lipinski definition) is 3. The van der Waals surface area contributed by atoms with Crippen molar-refractivity contribution in [2.75, 3.05) is 19.8 Å². The van der Waals surface area contributed by atoms with Crippen LogP contribution in [-0.4, -0.2) is 96.3 Å². The molecule has 6 rings (SSSR count). The van der Waals surface area contributed by atoms with E-state index in [4.69, 9.17) is 24.7 Å². The van der Waals surface area contributed by atoms with Crippen LogP contribution in [0.1, 0.15) is 106 Å². The van der Waals surface area contributed by atoms with Gasteiger partial charge in [-0.05, 0) is 102 Å². The number of sulfonamides is 1. The molecule has 2 saturated carbocycles. The number of benzene rings is 1. The predicted octanol–water partition coefficient (Wildman–Crippen LogP) is 6.17. The van der Waals surface area contributed by atoms with E-state index in [2.05, 4.69) is 15.0 Å². The van der Waals surface area contributed by atoms with E-state index in [1.54, 1.807) is 31.3 Å². The van der Waals surface area contributed by atoms with E-state index < -0.39 is 80.1 Å². The number of allylic oxidation sites excluding steroid dienone is 2. The first-order valence-corrected chi connectivity index (χ1v) is 23.2. The normalized spacial score (nSPS) is 23.7. The van der Waals surface area contributed by atoms with E-state index in [0.717, 1.165) is 26.7 Å². The zero-order valence-electron chi connectivity index (χ0n) is 36.4. The number of nitrogens with one attached hydrogen (secondary N) is 2. The second-order valence-corrected chi connectivity index (χ2v) is 20.4. The molecule has 62 heavy (non-hydrogen) atoms. The molecule has 4 amide bonds. The molecule has 1 saturated heterocycles. The van der Waals surface area contributed by atoms with Crippen LogP contribution >= 0.6 is 0 Å². The summed E-state index contributed by atoms with van der Waals surface area (Å²) in [5.74, 6) is -4.92. The minimum absolute atomic E-state index is 0.000368. The highest BCUT2D eigenvalue weighted by molar-refractivity contribution is 7.91. The molecule has 1 unspecified atom stereocenters. The van der Waals surface area contributed by atoms with E-state index in [1.165, 1.54) is 4.90 Å². The highest BCUT2D eigenvalue weighted by Gasteiger charge is 2.52. The molecular formula is C44H61F2N5O10S. The predicted molar refractivity (Wildman–Crippen MR) is 226 cm³/mol. The fourth-order valence-electron chi connectivity index (χ4n) is 8.57. The molecular weight excluding hydrogens is 829 g/mol. The fraction of sp³-hybridized carbons (Fsp3) is 0.659. The third-order valence-electron chi connectivity index (χ3n) is 13.2. The number of hydrogen-bond acceptors (Lipinski definition) is 11. The molecule has 4 N–H and O–H groups in total. The monoisotopic (exact) mass is 889 g/mol. The number of amides is 4. The first-order valence-electron chi connectivity index (χ1n) is 21.7. The van der Waals surface area contributed by atoms with Gasteiger partial charge in [0.25, 0.3) is 5.92 Å². The summed E-state index contributed by atoms with van der Waals surface area (Å²) in [5, 5.41) is 3.94. The van der Waals surface area contributed by atoms with Gasteiger partial charge in [0.2, 0.25) is 33.6 Å². The van der Waals surface area contributed by atoms with Gasteiger partial charge in [0.05, 0.1) is 11.3 Å². The lowest BCUT2D eigenvalue weighted by Gasteiger charge is -2.35. The molecule has 3 fully saturated rings. The van der Waals surface area contributed by atoms with Gasteiger partial charge in [-0.1, -0.05) is 38.8 Å². The van der Waals surface area contributed by atoms with Crippen molar-refractivity contribution in [1.29, 1.82) is 0 Å². The Hall–Kier alpha value is -4.74. The molecule has 15 nitrogen and oxygen atoms in total. The van der Waals surface area contributed by atoms with Crippen molar-refractivity contribution in [3.05, 3.63) is 36.5 Å². The zero-order valence-corrected chi connectivity index (χ0v) is 37.2. The first kappa shape index (κ1) is 46.8. The van der Waals surface area contributed by atoms with Gasteiger partial charge in [0.15, 0.2) is 17.1 Å². The van der Waals surface area contributed by atoms with Crippen LogP contribution in [0.5, 0.6) is 17.4 Å². The SMILES string of the molecule is CC[C@H](C[C@@H](C)CC/C=C\[C@@H]1CCCC1C(=O)NS(=O)(=O)C1(C)CC1)[C@H](NC(=O)OC(C)(C)C(C)(F)F)C(=O)N1C[C@H](Oc2nccc3c4c(ccc23)OCCO4)C[C@H]1C(N)=O. The summed E-state index contributed by atoms with van der Waals surface area (Å²) < 4.78 is 78.9. The molecule has 0 spiro atoms. The van der Waals surface area contributed by atoms with Gasteiger partial charge in [-0.3, -0.25) is 19.1 Å². The third kappa shape index (κ3) is 10.4. The summed E-state index contributed by atoms with van der Waals surface area (Å²) in [7, 11) is -3.73. The summed E-state index contributed by atoms with van der Waals surface area (Å²) >= 11 is 0. The molecule has 1 aromatic carbocycles. The summed E-state index contributed by atoms with van der Waals surface area (Å²) in [5.41, 5.74) is 3.66. The number of carbonyl (C=O) groups excluding carboxylic acids is 4. The number of fused-ring (bicyclic) bond motifs is 3. The van der Waals surface area contributed by atoms with Crippen molar-refractivity contribution in [2.45, 2.75) is 140 Å². The van der Waals surface area contributed by atoms with Crippen LogP contribution in [0.2, 0.25) is 0 Å². The first-order chi connectivity index (χ1) is 29.1. The Morgan fingerprint density at radius 2 is 1.82 bits per heavy atom. The van der Waals surface area contributed by atoms with Crippen LogP contribution in [0.25, 0.3) is 10.8 Å². The van der Waals surface area contributed by atoms with Gasteiger partial charge in [0.1, 0.15) is 31.4 Å². The number of rotatable bonds is 18. The fourth-order valence-corrected chi connectivity index (χ4v) is 9.87. The Morgan fingerprint density at radius 1 is 1.10 bits per heavy atom. The number of carbonyl (C=O) groups is 4. The second kappa shape index (κ2) is 18.5. The maximum Gasteiger partial charge on any atom is 0.408 e. The van der Waals surface area contributed by atoms with Crippen molar-refractivity contribution in [2.24, 2.45) is 29.4 Å². The van der Waals surface area contributed by atoms with Crippen LogP contribution in [0.4, 0.5) is 13.6 Å². The Morgan fingerprint density at radius 3 is 2.50 bits per heavy atom. The summed E-state index contributed by atoms with van der Waals surface area (Å²) in [4.78, 5) is 59.7. The van der Waals surface area contributed by atoms with Gasteiger partial charge >= 0.3 is 6.09 Å². The topological polar surface area (TPSA) is 206 Å². The summed E-state index contributed by atoms with van der Waals surface area (Å²) in [6, 6.07) is 2.94. The van der Waals surface area contributed by atoms with Gasteiger partial charge in [-0.25, -0.2) is 27.0 Å². The van der Waals surface area contributed by atoms with Crippen molar-refractivity contribution in [3.8, 4) is 17.4 Å². The van der Waals surface area contributed by atoms with Crippen LogP contribution in [0, 0.1) is 23.7 Å². The van der Waals surface area contributed by atoms with E-state index >= 15 is 0 Å². The molecule has 18 heteroatoms. The zero-order chi connectivity index (χ0) is 45.2. The molecule has 2 aliphatic carbocycles. The standard InChI is InChI=1S/C44H61F2N5O10S/c1-7-27(23-26(2)11-8-9-12-28-13-10-14-30(28)38(53)50-62(56,57)43(5)18-19-43)35(49-41(55)61-42(3,4)44(6,45)46)40(54)51-25-29(24-33(51)37(47)52)60-39-32-15-16-34-36(59-22-21-58-34)31(32)17-20-48-39/h9,12,15-17,20,26-30,33,35H,7-8,10-11,13-14,18-19,21-25H2,1-6H3,(H2,47,52)(H,49,55)(H,50,53)/b12-9-/t26-,27+,28+,29+,30?,33-,35-/m0/s1. The van der Waals surface area contributed by atoms with E-state index in [9.17, 15) is 36.4 Å². The molecule has 3 heterocycles. The lowest BCUT2D eigenvalue weighted by Crippen LogP contribution is -2.57. The molecule has 1 aromatic heterocycles. The van der Waals surface area contributed by atoms with Crippen molar-refractivity contribution in [3.63, 3.8) is 0 Å². The van der Waals surface area contributed by atoms with Gasteiger partial charge in [-0.2, -0.15) is 0 Å². The van der Waals surface area contributed by atoms with E-state index in [0.29, 0.717) is 87.4 Å². The molecule has 342 valence electrons. The molecule has 7 atom stereocenters. The summed E-state index contributed by atoms with van der Waals surface area (Å²) in [6.45, 7) is 9.00. The van der Waals surface area contributed by atoms with Crippen LogP contribution < -0.4 is 30.0 Å². The number of primary amides is 1. The summed E-state index contributed by atoms with van der Waals surface area (Å²) in [6.07, 6.45) is 9.03. The Bertz CT molecular complexity index is 2140. The van der Waals surface area contributed by atoms with Gasteiger partial charge in [-0.15, -0.1) is 0 Å². The van der Waals surface area contributed by atoms with E-state index in [1.807, 2.05) is 26.0 Å². The maximum absolute atomic E-state index is 14.7. The number of nitrogens with zero attached hydrogens (tertiary/aromatic N) is 2.